The molecule has 0 unspecified atom stereocenters. The molecule has 0 amide bonds. The molecule has 80 valence electrons. The van der Waals surface area contributed by atoms with Crippen molar-refractivity contribution < 1.29 is 9.90 Å². The Labute approximate surface area is 87.6 Å². The van der Waals surface area contributed by atoms with E-state index in [-0.39, 0.29) is 6.42 Å². The summed E-state index contributed by atoms with van der Waals surface area (Å²) < 4.78 is 0. The van der Waals surface area contributed by atoms with Gasteiger partial charge in [-0.1, -0.05) is 11.8 Å². The number of nitrogens with zero attached hydrogens (tertiary/aromatic N) is 2. The summed E-state index contributed by atoms with van der Waals surface area (Å²) in [5.41, 5.74) is 0. The highest BCUT2D eigenvalue weighted by Gasteiger charge is 2.10. The Kier molecular flexibility index (Phi) is 4.75. The van der Waals surface area contributed by atoms with E-state index in [0.717, 1.165) is 18.4 Å². The molecule has 2 N–H and O–H groups in total. The number of nitrogens with one attached hydrogen (secondary N) is 1. The fourth-order valence-electron chi connectivity index (χ4n) is 1.19. The molecule has 0 bridgehead atoms. The van der Waals surface area contributed by atoms with E-state index < -0.39 is 5.97 Å². The highest BCUT2D eigenvalue weighted by atomic mass is 32.2. The predicted molar refractivity (Wildman–Crippen MR) is 57.4 cm³/mol. The van der Waals surface area contributed by atoms with Crippen LogP contribution in [0.4, 0.5) is 0 Å². The van der Waals surface area contributed by atoms with Gasteiger partial charge in [-0.3, -0.25) is 9.69 Å². The van der Waals surface area contributed by atoms with Gasteiger partial charge in [0.1, 0.15) is 0 Å². The predicted octanol–water partition coefficient (Wildman–Crippen LogP) is 0.390. The van der Waals surface area contributed by atoms with Gasteiger partial charge < -0.3 is 10.4 Å². The molecule has 0 fully saturated rings. The van der Waals surface area contributed by atoms with Gasteiger partial charge in [0.2, 0.25) is 0 Å². The lowest BCUT2D eigenvalue weighted by Crippen LogP contribution is -2.42. The summed E-state index contributed by atoms with van der Waals surface area (Å²) in [7, 11) is 0. The minimum Gasteiger partial charge on any atom is -0.481 e. The lowest BCUT2D eigenvalue weighted by Gasteiger charge is -2.25. The van der Waals surface area contributed by atoms with E-state index in [1.165, 1.54) is 0 Å². The number of hydrogen-bond donors (Lipinski definition) is 2. The molecule has 0 aliphatic carbocycles. The van der Waals surface area contributed by atoms with Gasteiger partial charge in [0, 0.05) is 13.0 Å². The fraction of sp³-hybridized carbons (Fsp3) is 0.750. The zero-order chi connectivity index (χ0) is 10.4. The second-order valence-electron chi connectivity index (χ2n) is 3.04. The topological polar surface area (TPSA) is 64.9 Å². The molecule has 6 heteroatoms. The minimum atomic E-state index is -0.733. The van der Waals surface area contributed by atoms with Crippen molar-refractivity contribution in [2.45, 2.75) is 12.8 Å². The second kappa shape index (κ2) is 5.87. The number of aliphatic carboxylic acids is 1. The van der Waals surface area contributed by atoms with Gasteiger partial charge in [-0.05, 0) is 12.7 Å². The Morgan fingerprint density at radius 1 is 1.79 bits per heavy atom. The number of rotatable bonds is 4. The van der Waals surface area contributed by atoms with E-state index >= 15 is 0 Å². The van der Waals surface area contributed by atoms with E-state index in [0.29, 0.717) is 13.1 Å². The Balaban J connectivity index is 2.16. The van der Waals surface area contributed by atoms with Gasteiger partial charge in [-0.25, -0.2) is 4.99 Å². The van der Waals surface area contributed by atoms with Crippen molar-refractivity contribution in [3.05, 3.63) is 0 Å². The first kappa shape index (κ1) is 11.3. The molecule has 0 atom stereocenters. The first-order valence-electron chi connectivity index (χ1n) is 4.49. The minimum absolute atomic E-state index is 0.232. The molecule has 0 aromatic rings. The van der Waals surface area contributed by atoms with E-state index in [2.05, 4.69) is 15.2 Å². The van der Waals surface area contributed by atoms with E-state index in [9.17, 15) is 4.79 Å². The number of carboxylic acid groups (broad SMARTS) is 1. The molecule has 0 aromatic carbocycles. The number of aliphatic imine (C=N–C) groups is 1. The van der Waals surface area contributed by atoms with Crippen LogP contribution in [0.1, 0.15) is 12.8 Å². The maximum absolute atomic E-state index is 10.3. The Hall–Kier alpha value is -0.750. The molecule has 0 saturated heterocycles. The van der Waals surface area contributed by atoms with E-state index in [1.807, 2.05) is 6.26 Å². The number of thioether (sulfide) groups is 1. The Bertz CT molecular complexity index is 233. The molecule has 5 nitrogen and oxygen atoms in total. The zero-order valence-corrected chi connectivity index (χ0v) is 9.01. The van der Waals surface area contributed by atoms with Crippen molar-refractivity contribution >= 4 is 22.9 Å². The molecule has 0 saturated carbocycles. The third kappa shape index (κ3) is 3.97. The molecular weight excluding hydrogens is 202 g/mol. The van der Waals surface area contributed by atoms with E-state index in [1.54, 1.807) is 11.8 Å². The van der Waals surface area contributed by atoms with Crippen LogP contribution in [-0.2, 0) is 4.79 Å². The molecule has 1 aliphatic rings. The Morgan fingerprint density at radius 3 is 3.07 bits per heavy atom. The molecule has 0 aromatic heterocycles. The standard InChI is InChI=1S/C8H15N3O2S/c1-14-8-9-5-11(6-10-8)4-2-3-7(12)13/h2-6H2,1H3,(H,9,10)(H,12,13). The monoisotopic (exact) mass is 217 g/mol. The lowest BCUT2D eigenvalue weighted by atomic mass is 10.3. The molecule has 0 radical (unpaired) electrons. The number of amidine groups is 1. The summed E-state index contributed by atoms with van der Waals surface area (Å²) in [6.45, 7) is 2.21. The summed E-state index contributed by atoms with van der Waals surface area (Å²) in [6.07, 6.45) is 2.89. The van der Waals surface area contributed by atoms with Gasteiger partial charge in [0.25, 0.3) is 0 Å². The summed E-state index contributed by atoms with van der Waals surface area (Å²) in [5, 5.41) is 12.6. The summed E-state index contributed by atoms with van der Waals surface area (Å²) in [6, 6.07) is 0. The van der Waals surface area contributed by atoms with Gasteiger partial charge in [0.15, 0.2) is 5.17 Å². The first-order chi connectivity index (χ1) is 6.72. The van der Waals surface area contributed by atoms with Crippen molar-refractivity contribution in [1.29, 1.82) is 0 Å². The highest BCUT2D eigenvalue weighted by Crippen LogP contribution is 2.03. The molecule has 1 aliphatic heterocycles. The van der Waals surface area contributed by atoms with Crippen molar-refractivity contribution in [3.63, 3.8) is 0 Å². The van der Waals surface area contributed by atoms with Crippen LogP contribution in [0, 0.1) is 0 Å². The molecule has 1 heterocycles. The highest BCUT2D eigenvalue weighted by molar-refractivity contribution is 8.13. The van der Waals surface area contributed by atoms with Crippen molar-refractivity contribution in [2.24, 2.45) is 4.99 Å². The van der Waals surface area contributed by atoms with Crippen LogP contribution in [0.3, 0.4) is 0 Å². The summed E-state index contributed by atoms with van der Waals surface area (Å²) in [4.78, 5) is 16.6. The molecule has 1 rings (SSSR count). The first-order valence-corrected chi connectivity index (χ1v) is 5.71. The van der Waals surface area contributed by atoms with Crippen molar-refractivity contribution in [2.75, 3.05) is 26.1 Å². The van der Waals surface area contributed by atoms with Crippen LogP contribution in [0.25, 0.3) is 0 Å². The van der Waals surface area contributed by atoms with Crippen LogP contribution < -0.4 is 5.32 Å². The van der Waals surface area contributed by atoms with Crippen molar-refractivity contribution in [1.82, 2.24) is 10.2 Å². The quantitative estimate of drug-likeness (QED) is 0.713. The third-order valence-electron chi connectivity index (χ3n) is 1.93. The van der Waals surface area contributed by atoms with Gasteiger partial charge in [0.05, 0.1) is 13.3 Å². The van der Waals surface area contributed by atoms with Crippen LogP contribution in [-0.4, -0.2) is 47.3 Å². The molecule has 14 heavy (non-hydrogen) atoms. The van der Waals surface area contributed by atoms with E-state index in [4.69, 9.17) is 5.11 Å². The average Bonchev–Trinajstić information content (AvgIpc) is 2.18. The number of hydrogen-bond acceptors (Lipinski definition) is 5. The normalized spacial score (nSPS) is 17.4. The van der Waals surface area contributed by atoms with Crippen LogP contribution in [0.2, 0.25) is 0 Å². The maximum Gasteiger partial charge on any atom is 0.303 e. The Morgan fingerprint density at radius 2 is 2.57 bits per heavy atom. The van der Waals surface area contributed by atoms with Gasteiger partial charge in [-0.15, -0.1) is 0 Å². The lowest BCUT2D eigenvalue weighted by molar-refractivity contribution is -0.137. The number of carboxylic acids is 1. The van der Waals surface area contributed by atoms with Gasteiger partial charge in [-0.2, -0.15) is 0 Å². The zero-order valence-electron chi connectivity index (χ0n) is 8.19. The second-order valence-corrected chi connectivity index (χ2v) is 3.83. The maximum atomic E-state index is 10.3. The van der Waals surface area contributed by atoms with Crippen molar-refractivity contribution in [3.8, 4) is 0 Å². The van der Waals surface area contributed by atoms with Crippen LogP contribution >= 0.6 is 11.8 Å². The summed E-state index contributed by atoms with van der Waals surface area (Å²) in [5.74, 6) is -0.733. The molecular formula is C8H15N3O2S. The smallest absolute Gasteiger partial charge is 0.303 e. The number of carbonyl (C=O) groups is 1. The SMILES string of the molecule is CSC1=NCN(CCCC(=O)O)CN1. The van der Waals surface area contributed by atoms with Crippen LogP contribution in [0.15, 0.2) is 4.99 Å². The fourth-order valence-corrected chi connectivity index (χ4v) is 1.59. The summed E-state index contributed by atoms with van der Waals surface area (Å²) >= 11 is 1.59. The third-order valence-corrected chi connectivity index (χ3v) is 2.59. The largest absolute Gasteiger partial charge is 0.481 e. The van der Waals surface area contributed by atoms with Crippen LogP contribution in [0.5, 0.6) is 0 Å². The van der Waals surface area contributed by atoms with Gasteiger partial charge >= 0.3 is 5.97 Å². The average molecular weight is 217 g/mol. The molecule has 0 spiro atoms.